The molecule has 0 unspecified atom stereocenters. The monoisotopic (exact) mass is 333 g/mol. The Kier molecular flexibility index (Phi) is 8.10. The Balaban J connectivity index is 2.16. The standard InChI is InChI=1S/C14H24BrNO3/c1-2-3-4-5-10-19-14(18)12-6-8-16(9-7-12)13(17)11-15/h12H,2-11H2,1H3. The fraction of sp³-hybridized carbons (Fsp3) is 0.857. The van der Waals surface area contributed by atoms with Gasteiger partial charge < -0.3 is 9.64 Å². The van der Waals surface area contributed by atoms with Gasteiger partial charge in [0, 0.05) is 13.1 Å². The molecule has 0 spiro atoms. The molecule has 0 radical (unpaired) electrons. The molecule has 1 aliphatic heterocycles. The fourth-order valence-corrected chi connectivity index (χ4v) is 2.62. The lowest BCUT2D eigenvalue weighted by atomic mass is 9.97. The van der Waals surface area contributed by atoms with Crippen LogP contribution in [0.25, 0.3) is 0 Å². The SMILES string of the molecule is CCCCCCOC(=O)C1CCN(C(=O)CBr)CC1. The van der Waals surface area contributed by atoms with E-state index >= 15 is 0 Å². The van der Waals surface area contributed by atoms with Crippen LogP contribution in [-0.4, -0.2) is 41.8 Å². The molecule has 0 atom stereocenters. The van der Waals surface area contributed by atoms with Gasteiger partial charge in [-0.1, -0.05) is 42.1 Å². The molecule has 0 N–H and O–H groups in total. The highest BCUT2D eigenvalue weighted by Crippen LogP contribution is 2.19. The van der Waals surface area contributed by atoms with Gasteiger partial charge in [0.2, 0.25) is 5.91 Å². The Bertz CT molecular complexity index is 288. The highest BCUT2D eigenvalue weighted by atomic mass is 79.9. The zero-order chi connectivity index (χ0) is 14.1. The molecule has 0 bridgehead atoms. The molecule has 0 aromatic carbocycles. The van der Waals surface area contributed by atoms with Crippen molar-refractivity contribution in [3.63, 3.8) is 0 Å². The van der Waals surface area contributed by atoms with Crippen LogP contribution in [0.4, 0.5) is 0 Å². The first-order chi connectivity index (χ1) is 9.19. The highest BCUT2D eigenvalue weighted by Gasteiger charge is 2.27. The molecule has 1 heterocycles. The molecule has 1 saturated heterocycles. The number of halogens is 1. The molecule has 19 heavy (non-hydrogen) atoms. The Labute approximate surface area is 124 Å². The number of carbonyl (C=O) groups is 2. The van der Waals surface area contributed by atoms with Crippen LogP contribution in [0.5, 0.6) is 0 Å². The van der Waals surface area contributed by atoms with Crippen molar-refractivity contribution >= 4 is 27.8 Å². The van der Waals surface area contributed by atoms with E-state index in [9.17, 15) is 9.59 Å². The van der Waals surface area contributed by atoms with Crippen molar-refractivity contribution in [2.75, 3.05) is 25.0 Å². The molecule has 1 amide bonds. The highest BCUT2D eigenvalue weighted by molar-refractivity contribution is 9.09. The lowest BCUT2D eigenvalue weighted by molar-refractivity contribution is -0.151. The van der Waals surface area contributed by atoms with E-state index in [0.717, 1.165) is 25.7 Å². The Morgan fingerprint density at radius 1 is 1.21 bits per heavy atom. The molecule has 0 aromatic heterocycles. The second-order valence-electron chi connectivity index (χ2n) is 5.02. The van der Waals surface area contributed by atoms with Crippen LogP contribution in [0.1, 0.15) is 45.4 Å². The molecule has 0 aliphatic carbocycles. The molecule has 0 saturated carbocycles. The molecule has 0 aromatic rings. The van der Waals surface area contributed by atoms with E-state index in [1.54, 1.807) is 4.90 Å². The summed E-state index contributed by atoms with van der Waals surface area (Å²) in [6.45, 7) is 4.04. The Morgan fingerprint density at radius 2 is 1.89 bits per heavy atom. The molecule has 1 fully saturated rings. The van der Waals surface area contributed by atoms with Gasteiger partial charge in [-0.3, -0.25) is 9.59 Å². The van der Waals surface area contributed by atoms with Crippen molar-refractivity contribution in [3.8, 4) is 0 Å². The average molecular weight is 334 g/mol. The number of likely N-dealkylation sites (tertiary alicyclic amines) is 1. The average Bonchev–Trinajstić information content (AvgIpc) is 2.46. The summed E-state index contributed by atoms with van der Waals surface area (Å²) in [5.74, 6) is -0.000580. The summed E-state index contributed by atoms with van der Waals surface area (Å²) in [6.07, 6.45) is 5.93. The summed E-state index contributed by atoms with van der Waals surface area (Å²) in [5, 5.41) is 0.361. The van der Waals surface area contributed by atoms with Gasteiger partial charge in [-0.05, 0) is 19.3 Å². The van der Waals surface area contributed by atoms with Crippen molar-refractivity contribution < 1.29 is 14.3 Å². The minimum absolute atomic E-state index is 0.0226. The van der Waals surface area contributed by atoms with Crippen LogP contribution in [-0.2, 0) is 14.3 Å². The third-order valence-electron chi connectivity index (χ3n) is 3.54. The van der Waals surface area contributed by atoms with Crippen molar-refractivity contribution in [3.05, 3.63) is 0 Å². The number of amides is 1. The maximum absolute atomic E-state index is 11.8. The second kappa shape index (κ2) is 9.34. The lowest BCUT2D eigenvalue weighted by Gasteiger charge is -2.30. The minimum Gasteiger partial charge on any atom is -0.465 e. The smallest absolute Gasteiger partial charge is 0.309 e. The number of nitrogens with zero attached hydrogens (tertiary/aromatic N) is 1. The predicted molar refractivity (Wildman–Crippen MR) is 78.2 cm³/mol. The summed E-state index contributed by atoms with van der Waals surface area (Å²) in [7, 11) is 0. The van der Waals surface area contributed by atoms with Crippen molar-refractivity contribution in [1.29, 1.82) is 0 Å². The molecule has 4 nitrogen and oxygen atoms in total. The zero-order valence-electron chi connectivity index (χ0n) is 11.7. The van der Waals surface area contributed by atoms with Crippen LogP contribution in [0.2, 0.25) is 0 Å². The minimum atomic E-state index is -0.0811. The van der Waals surface area contributed by atoms with Gasteiger partial charge in [0.05, 0.1) is 17.9 Å². The summed E-state index contributed by atoms with van der Waals surface area (Å²) >= 11 is 3.17. The van der Waals surface area contributed by atoms with Gasteiger partial charge >= 0.3 is 5.97 Å². The molecular formula is C14H24BrNO3. The number of alkyl halides is 1. The van der Waals surface area contributed by atoms with Crippen molar-refractivity contribution in [1.82, 2.24) is 4.90 Å². The van der Waals surface area contributed by atoms with E-state index in [2.05, 4.69) is 22.9 Å². The number of hydrogen-bond acceptors (Lipinski definition) is 3. The van der Waals surface area contributed by atoms with Crippen LogP contribution in [0, 0.1) is 5.92 Å². The number of unbranched alkanes of at least 4 members (excludes halogenated alkanes) is 3. The van der Waals surface area contributed by atoms with Gasteiger partial charge in [0.25, 0.3) is 0 Å². The Morgan fingerprint density at radius 3 is 2.47 bits per heavy atom. The van der Waals surface area contributed by atoms with Gasteiger partial charge in [-0.25, -0.2) is 0 Å². The number of carbonyl (C=O) groups excluding carboxylic acids is 2. The molecule has 1 rings (SSSR count). The summed E-state index contributed by atoms with van der Waals surface area (Å²) in [4.78, 5) is 25.1. The van der Waals surface area contributed by atoms with Crippen LogP contribution >= 0.6 is 15.9 Å². The third kappa shape index (κ3) is 5.93. The van der Waals surface area contributed by atoms with E-state index in [0.29, 0.717) is 25.0 Å². The molecule has 110 valence electrons. The quantitative estimate of drug-likeness (QED) is 0.409. The number of piperidine rings is 1. The number of ether oxygens (including phenoxy) is 1. The van der Waals surface area contributed by atoms with E-state index in [4.69, 9.17) is 4.74 Å². The largest absolute Gasteiger partial charge is 0.465 e. The number of hydrogen-bond donors (Lipinski definition) is 0. The first kappa shape index (κ1) is 16.5. The van der Waals surface area contributed by atoms with Crippen LogP contribution in [0.3, 0.4) is 0 Å². The van der Waals surface area contributed by atoms with Gasteiger partial charge in [-0.15, -0.1) is 0 Å². The number of rotatable bonds is 7. The van der Waals surface area contributed by atoms with E-state index in [1.165, 1.54) is 12.8 Å². The van der Waals surface area contributed by atoms with Crippen LogP contribution < -0.4 is 0 Å². The van der Waals surface area contributed by atoms with Crippen molar-refractivity contribution in [2.45, 2.75) is 45.4 Å². The van der Waals surface area contributed by atoms with Gasteiger partial charge in [-0.2, -0.15) is 0 Å². The molecular weight excluding hydrogens is 310 g/mol. The zero-order valence-corrected chi connectivity index (χ0v) is 13.3. The molecule has 5 heteroatoms. The van der Waals surface area contributed by atoms with E-state index < -0.39 is 0 Å². The summed E-state index contributed by atoms with van der Waals surface area (Å²) in [6, 6.07) is 0. The van der Waals surface area contributed by atoms with E-state index in [1.807, 2.05) is 0 Å². The Hall–Kier alpha value is -0.580. The first-order valence-corrected chi connectivity index (χ1v) is 8.31. The summed E-state index contributed by atoms with van der Waals surface area (Å²) in [5.41, 5.74) is 0. The van der Waals surface area contributed by atoms with Crippen molar-refractivity contribution in [2.24, 2.45) is 5.92 Å². The molecule has 1 aliphatic rings. The fourth-order valence-electron chi connectivity index (χ4n) is 2.27. The van der Waals surface area contributed by atoms with Gasteiger partial charge in [0.1, 0.15) is 0 Å². The van der Waals surface area contributed by atoms with Gasteiger partial charge in [0.15, 0.2) is 0 Å². The summed E-state index contributed by atoms with van der Waals surface area (Å²) < 4.78 is 5.30. The number of esters is 1. The first-order valence-electron chi connectivity index (χ1n) is 7.19. The van der Waals surface area contributed by atoms with Crippen LogP contribution in [0.15, 0.2) is 0 Å². The third-order valence-corrected chi connectivity index (χ3v) is 4.02. The maximum Gasteiger partial charge on any atom is 0.309 e. The topological polar surface area (TPSA) is 46.6 Å². The lowest BCUT2D eigenvalue weighted by Crippen LogP contribution is -2.41. The normalized spacial score (nSPS) is 16.4. The maximum atomic E-state index is 11.8. The second-order valence-corrected chi connectivity index (χ2v) is 5.58. The van der Waals surface area contributed by atoms with E-state index in [-0.39, 0.29) is 17.8 Å². The predicted octanol–water partition coefficient (Wildman–Crippen LogP) is 2.74.